The molecule has 296 valence electrons. The minimum Gasteiger partial charge on any atom is -0.493 e. The first kappa shape index (κ1) is 38.9. The summed E-state index contributed by atoms with van der Waals surface area (Å²) in [5.41, 5.74) is 4.64. The number of benzene rings is 6. The van der Waals surface area contributed by atoms with E-state index in [1.807, 2.05) is 121 Å². The molecule has 1 N–H and O–H groups in total. The zero-order chi connectivity index (χ0) is 40.9. The van der Waals surface area contributed by atoms with Gasteiger partial charge in [-0.15, -0.1) is 6.58 Å². The number of anilines is 1. The van der Waals surface area contributed by atoms with Crippen LogP contribution in [0.3, 0.4) is 0 Å². The summed E-state index contributed by atoms with van der Waals surface area (Å²) in [4.78, 5) is 46.8. The van der Waals surface area contributed by atoms with Crippen molar-refractivity contribution in [3.8, 4) is 16.9 Å². The number of rotatable bonds is 14. The summed E-state index contributed by atoms with van der Waals surface area (Å²) in [6.45, 7) is 5.56. The van der Waals surface area contributed by atoms with Crippen molar-refractivity contribution in [2.45, 2.75) is 44.5 Å². The number of esters is 1. The molecule has 3 atom stereocenters. The number of carbonyl (C=O) groups excluding carboxylic acids is 3. The highest BCUT2D eigenvalue weighted by Gasteiger charge is 2.51. The Kier molecular flexibility index (Phi) is 11.4. The summed E-state index contributed by atoms with van der Waals surface area (Å²) >= 11 is 0. The smallest absolute Gasteiger partial charge is 0.302 e. The van der Waals surface area contributed by atoms with Crippen LogP contribution in [-0.4, -0.2) is 53.1 Å². The van der Waals surface area contributed by atoms with E-state index >= 15 is 9.59 Å². The maximum absolute atomic E-state index is 15.3. The maximum Gasteiger partial charge on any atom is 0.302 e. The Morgan fingerprint density at radius 3 is 2.22 bits per heavy atom. The van der Waals surface area contributed by atoms with Crippen molar-refractivity contribution in [2.75, 3.05) is 18.1 Å². The Balaban J connectivity index is 1.32. The van der Waals surface area contributed by atoms with E-state index in [9.17, 15) is 9.90 Å². The van der Waals surface area contributed by atoms with E-state index in [4.69, 9.17) is 13.9 Å². The quantitative estimate of drug-likeness (QED) is 0.0664. The number of hydrogen-bond acceptors (Lipinski definition) is 7. The van der Waals surface area contributed by atoms with Crippen molar-refractivity contribution in [3.63, 3.8) is 0 Å². The van der Waals surface area contributed by atoms with Crippen molar-refractivity contribution in [2.24, 2.45) is 0 Å². The lowest BCUT2D eigenvalue weighted by atomic mass is 9.93. The van der Waals surface area contributed by atoms with Crippen LogP contribution in [0.15, 0.2) is 163 Å². The van der Waals surface area contributed by atoms with E-state index in [2.05, 4.69) is 6.58 Å². The van der Waals surface area contributed by atoms with Gasteiger partial charge in [-0.05, 0) is 76.5 Å². The zero-order valence-corrected chi connectivity index (χ0v) is 32.7. The molecule has 0 aliphatic carbocycles. The van der Waals surface area contributed by atoms with Gasteiger partial charge in [0.25, 0.3) is 11.8 Å². The third kappa shape index (κ3) is 8.10. The molecule has 59 heavy (non-hydrogen) atoms. The molecule has 2 heterocycles. The molecule has 2 amide bonds. The van der Waals surface area contributed by atoms with Gasteiger partial charge in [0.1, 0.15) is 23.2 Å². The van der Waals surface area contributed by atoms with Gasteiger partial charge in [0.05, 0.1) is 30.9 Å². The first-order valence-electron chi connectivity index (χ1n) is 19.7. The average Bonchev–Trinajstić information content (AvgIpc) is 3.83. The largest absolute Gasteiger partial charge is 0.493 e. The fourth-order valence-electron chi connectivity index (χ4n) is 8.06. The van der Waals surface area contributed by atoms with E-state index in [-0.39, 0.29) is 38.0 Å². The second-order valence-corrected chi connectivity index (χ2v) is 14.6. The topological polar surface area (TPSA) is 110 Å². The molecule has 6 aromatic carbocycles. The Morgan fingerprint density at radius 1 is 0.797 bits per heavy atom. The lowest BCUT2D eigenvalue weighted by Gasteiger charge is -2.39. The SMILES string of the molecule is C=CCC(OC(C)=O)[C@@H]1[C@@H](N(Cc2cc3ccccc3o2)C(=O)c2ccc(-c3ccccc3)cc2)c2cc(OCCCO)ccc2N1C(=O)c1ccc2ccccc2c1. The molecule has 1 unspecified atom stereocenters. The first-order valence-corrected chi connectivity index (χ1v) is 19.7. The van der Waals surface area contributed by atoms with Crippen LogP contribution >= 0.6 is 0 Å². The van der Waals surface area contributed by atoms with Crippen molar-refractivity contribution in [1.82, 2.24) is 4.90 Å². The molecule has 0 radical (unpaired) electrons. The zero-order valence-electron chi connectivity index (χ0n) is 32.7. The molecule has 1 aliphatic rings. The van der Waals surface area contributed by atoms with Crippen molar-refractivity contribution >= 4 is 45.2 Å². The van der Waals surface area contributed by atoms with Crippen LogP contribution in [0.4, 0.5) is 5.69 Å². The van der Waals surface area contributed by atoms with Gasteiger partial charge in [0.15, 0.2) is 0 Å². The third-order valence-electron chi connectivity index (χ3n) is 10.7. The summed E-state index contributed by atoms with van der Waals surface area (Å²) in [5, 5.41) is 12.3. The van der Waals surface area contributed by atoms with Crippen LogP contribution in [-0.2, 0) is 16.1 Å². The first-order chi connectivity index (χ1) is 28.8. The van der Waals surface area contributed by atoms with Crippen LogP contribution in [0.25, 0.3) is 32.9 Å². The summed E-state index contributed by atoms with van der Waals surface area (Å²) in [5.74, 6) is -0.162. The van der Waals surface area contributed by atoms with Gasteiger partial charge < -0.3 is 23.9 Å². The van der Waals surface area contributed by atoms with Gasteiger partial charge >= 0.3 is 5.97 Å². The maximum atomic E-state index is 15.3. The Morgan fingerprint density at radius 2 is 1.49 bits per heavy atom. The number of carbonyl (C=O) groups is 3. The molecule has 9 heteroatoms. The summed E-state index contributed by atoms with van der Waals surface area (Å²) < 4.78 is 18.6. The average molecular weight is 785 g/mol. The van der Waals surface area contributed by atoms with E-state index < -0.39 is 24.2 Å². The molecule has 0 saturated carbocycles. The summed E-state index contributed by atoms with van der Waals surface area (Å²) in [7, 11) is 0. The number of amides is 2. The standard InChI is InChI=1S/C50H44N2O7/c1-3-12-46(58-33(2)54)48-47(43-31-41(57-28-11-27-53)25-26-44(43)52(48)50(56)40-24-21-35-15-7-8-16-38(35)29-40)51(32-42-30-39-17-9-10-18-45(39)59-42)49(55)37-22-19-36(20-23-37)34-13-5-4-6-14-34/h3-10,13-26,29-31,46-48,53H,1,11-12,27-28,32H2,2H3/t46?,47-,48+/m0/s1. The normalized spacial score (nSPS) is 15.1. The van der Waals surface area contributed by atoms with Gasteiger partial charge in [0.2, 0.25) is 0 Å². The van der Waals surface area contributed by atoms with Gasteiger partial charge in [-0.1, -0.05) is 97.1 Å². The van der Waals surface area contributed by atoms with Crippen LogP contribution in [0.1, 0.15) is 57.8 Å². The Hall–Kier alpha value is -6.97. The fraction of sp³-hybridized carbons (Fsp3) is 0.180. The van der Waals surface area contributed by atoms with Crippen molar-refractivity contribution < 1.29 is 33.4 Å². The molecule has 1 aromatic heterocycles. The lowest BCUT2D eigenvalue weighted by Crippen LogP contribution is -2.52. The molecule has 9 nitrogen and oxygen atoms in total. The van der Waals surface area contributed by atoms with E-state index in [0.717, 1.165) is 27.3 Å². The number of aliphatic hydroxyl groups excluding tert-OH is 1. The van der Waals surface area contributed by atoms with Gasteiger partial charge in [-0.2, -0.15) is 0 Å². The predicted molar refractivity (Wildman–Crippen MR) is 229 cm³/mol. The van der Waals surface area contributed by atoms with Gasteiger partial charge in [-0.25, -0.2) is 0 Å². The summed E-state index contributed by atoms with van der Waals surface area (Å²) in [6.07, 6.45) is 1.34. The molecular weight excluding hydrogens is 741 g/mol. The van der Waals surface area contributed by atoms with E-state index in [0.29, 0.717) is 45.9 Å². The van der Waals surface area contributed by atoms with Crippen LogP contribution in [0, 0.1) is 0 Å². The molecule has 0 fully saturated rings. The number of fused-ring (bicyclic) bond motifs is 3. The number of furan rings is 1. The molecule has 8 rings (SSSR count). The Labute approximate surface area is 342 Å². The molecule has 1 aliphatic heterocycles. The highest BCUT2D eigenvalue weighted by Crippen LogP contribution is 2.49. The van der Waals surface area contributed by atoms with Crippen LogP contribution < -0.4 is 9.64 Å². The number of para-hydroxylation sites is 1. The molecular formula is C50H44N2O7. The highest BCUT2D eigenvalue weighted by atomic mass is 16.5. The Bertz CT molecular complexity index is 2600. The second kappa shape index (κ2) is 17.3. The number of hydrogen-bond donors (Lipinski definition) is 1. The van der Waals surface area contributed by atoms with E-state index in [1.54, 1.807) is 40.1 Å². The molecule has 0 saturated heterocycles. The number of nitrogens with zero attached hydrogens (tertiary/aromatic N) is 2. The van der Waals surface area contributed by atoms with Crippen LogP contribution in [0.5, 0.6) is 5.75 Å². The lowest BCUT2D eigenvalue weighted by molar-refractivity contribution is -0.147. The third-order valence-corrected chi connectivity index (χ3v) is 10.7. The van der Waals surface area contributed by atoms with Crippen molar-refractivity contribution in [1.29, 1.82) is 0 Å². The monoisotopic (exact) mass is 784 g/mol. The van der Waals surface area contributed by atoms with Gasteiger partial charge in [0, 0.05) is 48.4 Å². The fourth-order valence-corrected chi connectivity index (χ4v) is 8.06. The predicted octanol–water partition coefficient (Wildman–Crippen LogP) is 9.93. The number of aliphatic hydroxyl groups is 1. The summed E-state index contributed by atoms with van der Waals surface area (Å²) in [6, 6.07) is 43.9. The van der Waals surface area contributed by atoms with Gasteiger partial charge in [-0.3, -0.25) is 19.3 Å². The minimum atomic E-state index is -0.921. The van der Waals surface area contributed by atoms with Crippen molar-refractivity contribution in [3.05, 3.63) is 181 Å². The molecule has 7 aromatic rings. The second-order valence-electron chi connectivity index (χ2n) is 14.6. The minimum absolute atomic E-state index is 0.0169. The number of ether oxygens (including phenoxy) is 2. The molecule has 0 spiro atoms. The highest BCUT2D eigenvalue weighted by molar-refractivity contribution is 6.10. The molecule has 0 bridgehead atoms. The van der Waals surface area contributed by atoms with E-state index in [1.165, 1.54) is 6.92 Å². The van der Waals surface area contributed by atoms with Crippen LogP contribution in [0.2, 0.25) is 0 Å².